The van der Waals surface area contributed by atoms with Crippen molar-refractivity contribution in [2.75, 3.05) is 6.61 Å². The summed E-state index contributed by atoms with van der Waals surface area (Å²) in [6, 6.07) is 0. The van der Waals surface area contributed by atoms with Crippen LogP contribution in [0.4, 0.5) is 0 Å². The van der Waals surface area contributed by atoms with E-state index in [0.717, 1.165) is 25.7 Å². The van der Waals surface area contributed by atoms with Crippen molar-refractivity contribution in [1.82, 2.24) is 0 Å². The second kappa shape index (κ2) is 28.0. The standard InChI is InChI=1S/C29H60O2/c1-2-3-4-5-6-7-8-9-10-11-12-13-14-15-16-17-18-19-20-21-22-23-26-29(31)27-24-25-28-30/h29-31H,2-28H2,1H3/t29-/m0/s1. The van der Waals surface area contributed by atoms with Crippen LogP contribution < -0.4 is 0 Å². The number of aliphatic hydroxyl groups excluding tert-OH is 2. The van der Waals surface area contributed by atoms with Gasteiger partial charge in [0.15, 0.2) is 0 Å². The van der Waals surface area contributed by atoms with Crippen molar-refractivity contribution in [2.24, 2.45) is 0 Å². The van der Waals surface area contributed by atoms with Crippen molar-refractivity contribution in [2.45, 2.75) is 180 Å². The van der Waals surface area contributed by atoms with Gasteiger partial charge in [0.25, 0.3) is 0 Å². The zero-order chi connectivity index (χ0) is 22.7. The van der Waals surface area contributed by atoms with Crippen LogP contribution in [0.5, 0.6) is 0 Å². The van der Waals surface area contributed by atoms with Crippen LogP contribution in [0.15, 0.2) is 0 Å². The fraction of sp³-hybridized carbons (Fsp3) is 1.00. The third kappa shape index (κ3) is 27.9. The molecule has 2 heteroatoms. The van der Waals surface area contributed by atoms with Crippen LogP contribution in [0.2, 0.25) is 0 Å². The van der Waals surface area contributed by atoms with E-state index in [1.807, 2.05) is 0 Å². The summed E-state index contributed by atoms with van der Waals surface area (Å²) in [6.07, 6.45) is 34.7. The molecule has 0 bridgehead atoms. The molecule has 0 aliphatic rings. The van der Waals surface area contributed by atoms with Gasteiger partial charge in [0, 0.05) is 6.61 Å². The monoisotopic (exact) mass is 440 g/mol. The van der Waals surface area contributed by atoms with Crippen molar-refractivity contribution in [3.63, 3.8) is 0 Å². The lowest BCUT2D eigenvalue weighted by atomic mass is 10.0. The summed E-state index contributed by atoms with van der Waals surface area (Å²) < 4.78 is 0. The van der Waals surface area contributed by atoms with Gasteiger partial charge in [0.1, 0.15) is 0 Å². The zero-order valence-electron chi connectivity index (χ0n) is 21.6. The molecule has 0 fully saturated rings. The van der Waals surface area contributed by atoms with E-state index in [2.05, 4.69) is 6.92 Å². The van der Waals surface area contributed by atoms with Gasteiger partial charge >= 0.3 is 0 Å². The van der Waals surface area contributed by atoms with E-state index < -0.39 is 0 Å². The molecule has 0 aliphatic carbocycles. The Labute approximate surface area is 197 Å². The molecule has 1 atom stereocenters. The number of unbranched alkanes of at least 4 members (excludes halogenated alkanes) is 22. The molecule has 0 aromatic heterocycles. The van der Waals surface area contributed by atoms with E-state index >= 15 is 0 Å². The molecule has 0 rings (SSSR count). The maximum atomic E-state index is 9.86. The van der Waals surface area contributed by atoms with Crippen molar-refractivity contribution in [1.29, 1.82) is 0 Å². The van der Waals surface area contributed by atoms with E-state index in [1.165, 1.54) is 141 Å². The van der Waals surface area contributed by atoms with Gasteiger partial charge in [-0.25, -0.2) is 0 Å². The van der Waals surface area contributed by atoms with Gasteiger partial charge in [-0.3, -0.25) is 0 Å². The lowest BCUT2D eigenvalue weighted by molar-refractivity contribution is 0.144. The van der Waals surface area contributed by atoms with Gasteiger partial charge in [0.05, 0.1) is 6.10 Å². The highest BCUT2D eigenvalue weighted by Crippen LogP contribution is 2.16. The SMILES string of the molecule is CCCCCCCCCCCCCCCCCCCCCCCC[C@H](O)CCCCO. The first kappa shape index (κ1) is 30.9. The van der Waals surface area contributed by atoms with Crippen LogP contribution in [0, 0.1) is 0 Å². The summed E-state index contributed by atoms with van der Waals surface area (Å²) in [5.41, 5.74) is 0. The maximum absolute atomic E-state index is 9.86. The second-order valence-corrected chi connectivity index (χ2v) is 10.1. The third-order valence-corrected chi connectivity index (χ3v) is 6.84. The molecular formula is C29H60O2. The first-order chi connectivity index (χ1) is 15.3. The van der Waals surface area contributed by atoms with Crippen LogP contribution >= 0.6 is 0 Å². The van der Waals surface area contributed by atoms with Gasteiger partial charge in [0.2, 0.25) is 0 Å². The van der Waals surface area contributed by atoms with Gasteiger partial charge < -0.3 is 10.2 Å². The number of hydrogen-bond donors (Lipinski definition) is 2. The van der Waals surface area contributed by atoms with Crippen molar-refractivity contribution >= 4 is 0 Å². The van der Waals surface area contributed by atoms with Crippen LogP contribution in [-0.2, 0) is 0 Å². The van der Waals surface area contributed by atoms with E-state index in [1.54, 1.807) is 0 Å². The first-order valence-electron chi connectivity index (χ1n) is 14.6. The number of rotatable bonds is 27. The molecule has 0 spiro atoms. The van der Waals surface area contributed by atoms with Crippen molar-refractivity contribution < 1.29 is 10.2 Å². The largest absolute Gasteiger partial charge is 0.396 e. The van der Waals surface area contributed by atoms with Gasteiger partial charge in [-0.1, -0.05) is 148 Å². The Morgan fingerprint density at radius 2 is 0.645 bits per heavy atom. The van der Waals surface area contributed by atoms with E-state index in [9.17, 15) is 5.11 Å². The Morgan fingerprint density at radius 3 is 0.935 bits per heavy atom. The molecule has 0 amide bonds. The van der Waals surface area contributed by atoms with Crippen LogP contribution in [-0.4, -0.2) is 22.9 Å². The summed E-state index contributed by atoms with van der Waals surface area (Å²) >= 11 is 0. The molecule has 188 valence electrons. The summed E-state index contributed by atoms with van der Waals surface area (Å²) in [5, 5.41) is 18.6. The fourth-order valence-electron chi connectivity index (χ4n) is 4.62. The lowest BCUT2D eigenvalue weighted by Crippen LogP contribution is -2.06. The molecule has 0 heterocycles. The Balaban J connectivity index is 3.05. The number of hydrogen-bond acceptors (Lipinski definition) is 2. The van der Waals surface area contributed by atoms with Crippen molar-refractivity contribution in [3.05, 3.63) is 0 Å². The average Bonchev–Trinajstić information content (AvgIpc) is 2.77. The predicted molar refractivity (Wildman–Crippen MR) is 139 cm³/mol. The molecule has 0 radical (unpaired) electrons. The molecule has 0 aromatic rings. The summed E-state index contributed by atoms with van der Waals surface area (Å²) in [7, 11) is 0. The minimum atomic E-state index is -0.142. The second-order valence-electron chi connectivity index (χ2n) is 10.1. The molecular weight excluding hydrogens is 380 g/mol. The molecule has 31 heavy (non-hydrogen) atoms. The molecule has 0 aliphatic heterocycles. The molecule has 2 nitrogen and oxygen atoms in total. The minimum Gasteiger partial charge on any atom is -0.396 e. The zero-order valence-corrected chi connectivity index (χ0v) is 21.6. The normalized spacial score (nSPS) is 12.5. The van der Waals surface area contributed by atoms with Gasteiger partial charge in [-0.15, -0.1) is 0 Å². The molecule has 2 N–H and O–H groups in total. The fourth-order valence-corrected chi connectivity index (χ4v) is 4.62. The first-order valence-corrected chi connectivity index (χ1v) is 14.6. The highest BCUT2D eigenvalue weighted by Gasteiger charge is 2.03. The maximum Gasteiger partial charge on any atom is 0.0540 e. The molecule has 0 unspecified atom stereocenters. The lowest BCUT2D eigenvalue weighted by Gasteiger charge is -2.09. The number of aliphatic hydroxyl groups is 2. The molecule has 0 saturated heterocycles. The third-order valence-electron chi connectivity index (χ3n) is 6.84. The van der Waals surface area contributed by atoms with E-state index in [0.29, 0.717) is 0 Å². The van der Waals surface area contributed by atoms with E-state index in [4.69, 9.17) is 5.11 Å². The summed E-state index contributed by atoms with van der Waals surface area (Å²) in [4.78, 5) is 0. The smallest absolute Gasteiger partial charge is 0.0540 e. The Morgan fingerprint density at radius 1 is 0.387 bits per heavy atom. The minimum absolute atomic E-state index is 0.142. The molecule has 0 saturated carbocycles. The van der Waals surface area contributed by atoms with Gasteiger partial charge in [-0.05, 0) is 25.7 Å². The Bertz CT molecular complexity index is 305. The van der Waals surface area contributed by atoms with Crippen LogP contribution in [0.3, 0.4) is 0 Å². The van der Waals surface area contributed by atoms with Crippen LogP contribution in [0.1, 0.15) is 174 Å². The quantitative estimate of drug-likeness (QED) is 0.125. The topological polar surface area (TPSA) is 40.5 Å². The summed E-state index contributed by atoms with van der Waals surface area (Å²) in [5.74, 6) is 0. The molecule has 0 aromatic carbocycles. The van der Waals surface area contributed by atoms with Crippen molar-refractivity contribution in [3.8, 4) is 0 Å². The Hall–Kier alpha value is -0.0800. The highest BCUT2D eigenvalue weighted by molar-refractivity contribution is 4.57. The Kier molecular flexibility index (Phi) is 27.9. The average molecular weight is 441 g/mol. The highest BCUT2D eigenvalue weighted by atomic mass is 16.3. The van der Waals surface area contributed by atoms with Gasteiger partial charge in [-0.2, -0.15) is 0 Å². The summed E-state index contributed by atoms with van der Waals surface area (Å²) in [6.45, 7) is 2.55. The van der Waals surface area contributed by atoms with Crippen LogP contribution in [0.25, 0.3) is 0 Å². The van der Waals surface area contributed by atoms with E-state index in [-0.39, 0.29) is 12.7 Å². The predicted octanol–water partition coefficient (Wildman–Crippen LogP) is 9.50.